The van der Waals surface area contributed by atoms with Crippen LogP contribution in [0, 0.1) is 17.0 Å². The Labute approximate surface area is 211 Å². The lowest BCUT2D eigenvalue weighted by Crippen LogP contribution is -2.49. The smallest absolute Gasteiger partial charge is 0.272 e. The number of anilines is 2. The van der Waals surface area contributed by atoms with E-state index in [-0.39, 0.29) is 16.7 Å². The van der Waals surface area contributed by atoms with Crippen LogP contribution in [0.25, 0.3) is 0 Å². The van der Waals surface area contributed by atoms with Crippen LogP contribution in [0.3, 0.4) is 0 Å². The zero-order chi connectivity index (χ0) is 24.1. The summed E-state index contributed by atoms with van der Waals surface area (Å²) in [6, 6.07) is 13.6. The molecule has 2 fully saturated rings. The predicted molar refractivity (Wildman–Crippen MR) is 141 cm³/mol. The molecule has 0 atom stereocenters. The molecule has 2 aromatic carbocycles. The van der Waals surface area contributed by atoms with Gasteiger partial charge in [0.15, 0.2) is 0 Å². The number of nitrogens with one attached hydrogen (secondary N) is 1. The van der Waals surface area contributed by atoms with Crippen molar-refractivity contribution in [2.24, 2.45) is 0 Å². The minimum Gasteiger partial charge on any atom is -0.382 e. The number of nitro benzene ring substituents is 1. The summed E-state index contributed by atoms with van der Waals surface area (Å²) in [5.74, 6) is 0. The minimum absolute atomic E-state index is 0.157. The van der Waals surface area contributed by atoms with E-state index < -0.39 is 0 Å². The Balaban J connectivity index is 1.16. The monoisotopic (exact) mass is 502 g/mol. The third-order valence-corrected chi connectivity index (χ3v) is 7.33. The third kappa shape index (κ3) is 6.37. The SMILES string of the molecule is Cc1cc(N[C@H]2CC[C@H](OCC(=S)N3CCN(c4ccc(Cl)cc4)CC3)CC2)ccc1[N+](=O)[O-]. The van der Waals surface area contributed by atoms with Crippen LogP contribution in [0.15, 0.2) is 42.5 Å². The molecule has 1 saturated carbocycles. The van der Waals surface area contributed by atoms with Gasteiger partial charge in [-0.1, -0.05) is 23.8 Å². The highest BCUT2D eigenvalue weighted by molar-refractivity contribution is 7.80. The second-order valence-corrected chi connectivity index (χ2v) is 9.94. The average Bonchev–Trinajstić information content (AvgIpc) is 2.84. The summed E-state index contributed by atoms with van der Waals surface area (Å²) < 4.78 is 6.17. The van der Waals surface area contributed by atoms with Crippen molar-refractivity contribution >= 4 is 45.9 Å². The van der Waals surface area contributed by atoms with Gasteiger partial charge < -0.3 is 19.9 Å². The third-order valence-electron chi connectivity index (χ3n) is 6.71. The zero-order valence-electron chi connectivity index (χ0n) is 19.4. The molecule has 1 aliphatic carbocycles. The summed E-state index contributed by atoms with van der Waals surface area (Å²) in [5.41, 5.74) is 2.96. The van der Waals surface area contributed by atoms with Crippen molar-refractivity contribution in [2.45, 2.75) is 44.8 Å². The number of halogens is 1. The lowest BCUT2D eigenvalue weighted by atomic mass is 9.92. The number of thiocarbonyl (C=S) groups is 1. The molecule has 2 aromatic rings. The molecule has 1 saturated heterocycles. The van der Waals surface area contributed by atoms with Crippen LogP contribution in [-0.4, -0.2) is 59.7 Å². The van der Waals surface area contributed by atoms with Crippen LogP contribution in [0.5, 0.6) is 0 Å². The van der Waals surface area contributed by atoms with Crippen LogP contribution < -0.4 is 10.2 Å². The van der Waals surface area contributed by atoms with E-state index in [0.29, 0.717) is 18.2 Å². The van der Waals surface area contributed by atoms with Gasteiger partial charge in [-0.2, -0.15) is 0 Å². The topological polar surface area (TPSA) is 70.9 Å². The van der Waals surface area contributed by atoms with Gasteiger partial charge in [0.25, 0.3) is 5.69 Å². The fraction of sp³-hybridized carbons (Fsp3) is 0.480. The molecule has 0 amide bonds. The van der Waals surface area contributed by atoms with Gasteiger partial charge in [-0.3, -0.25) is 10.1 Å². The summed E-state index contributed by atoms with van der Waals surface area (Å²) in [7, 11) is 0. The first-order valence-corrected chi connectivity index (χ1v) is 12.6. The van der Waals surface area contributed by atoms with Crippen LogP contribution >= 0.6 is 23.8 Å². The van der Waals surface area contributed by atoms with Crippen LogP contribution in [-0.2, 0) is 4.74 Å². The van der Waals surface area contributed by atoms with Gasteiger partial charge in [-0.15, -0.1) is 0 Å². The van der Waals surface area contributed by atoms with Crippen molar-refractivity contribution in [3.05, 3.63) is 63.2 Å². The first-order valence-electron chi connectivity index (χ1n) is 11.8. The van der Waals surface area contributed by atoms with E-state index in [1.807, 2.05) is 18.2 Å². The standard InChI is InChI=1S/C25H31ClN4O3S/c1-18-16-21(6-11-24(18)30(31)32)27-20-4-9-23(10-5-20)33-17-25(34)29-14-12-28(13-15-29)22-7-2-19(26)3-8-22/h2-3,6-8,11,16,20,23,27H,4-5,9-10,12-15,17H2,1H3/t20-,23-. The van der Waals surface area contributed by atoms with Crippen molar-refractivity contribution < 1.29 is 9.66 Å². The molecule has 1 heterocycles. The Morgan fingerprint density at radius 3 is 2.41 bits per heavy atom. The molecule has 1 aliphatic heterocycles. The maximum Gasteiger partial charge on any atom is 0.272 e. The minimum atomic E-state index is -0.342. The second-order valence-electron chi connectivity index (χ2n) is 9.03. The summed E-state index contributed by atoms with van der Waals surface area (Å²) in [4.78, 5) is 16.2. The van der Waals surface area contributed by atoms with Gasteiger partial charge >= 0.3 is 0 Å². The highest BCUT2D eigenvalue weighted by atomic mass is 35.5. The van der Waals surface area contributed by atoms with Gasteiger partial charge in [-0.05, 0) is 69.0 Å². The molecule has 0 unspecified atom stereocenters. The molecule has 0 radical (unpaired) electrons. The first-order chi connectivity index (χ1) is 16.4. The van der Waals surface area contributed by atoms with Gasteiger partial charge in [0.05, 0.1) is 17.6 Å². The summed E-state index contributed by atoms with van der Waals surface area (Å²) in [6.07, 6.45) is 4.21. The molecule has 1 N–H and O–H groups in total. The quantitative estimate of drug-likeness (QED) is 0.307. The number of nitro groups is 1. The van der Waals surface area contributed by atoms with E-state index in [9.17, 15) is 10.1 Å². The van der Waals surface area contributed by atoms with Gasteiger partial charge in [-0.25, -0.2) is 0 Å². The highest BCUT2D eigenvalue weighted by Crippen LogP contribution is 2.27. The predicted octanol–water partition coefficient (Wildman–Crippen LogP) is 5.45. The average molecular weight is 503 g/mol. The lowest BCUT2D eigenvalue weighted by molar-refractivity contribution is -0.385. The Morgan fingerprint density at radius 1 is 1.12 bits per heavy atom. The van der Waals surface area contributed by atoms with Crippen LogP contribution in [0.4, 0.5) is 17.1 Å². The zero-order valence-corrected chi connectivity index (χ0v) is 21.0. The Hall–Kier alpha value is -2.42. The molecule has 2 aliphatic rings. The van der Waals surface area contributed by atoms with Crippen molar-refractivity contribution in [1.29, 1.82) is 0 Å². The fourth-order valence-corrected chi connectivity index (χ4v) is 5.08. The Morgan fingerprint density at radius 2 is 1.79 bits per heavy atom. The molecular weight excluding hydrogens is 472 g/mol. The van der Waals surface area contributed by atoms with E-state index in [4.69, 9.17) is 28.6 Å². The highest BCUT2D eigenvalue weighted by Gasteiger charge is 2.24. The maximum atomic E-state index is 11.0. The molecule has 0 bridgehead atoms. The summed E-state index contributed by atoms with van der Waals surface area (Å²) in [6.45, 7) is 5.93. The van der Waals surface area contributed by atoms with E-state index >= 15 is 0 Å². The number of ether oxygens (including phenoxy) is 1. The Bertz CT molecular complexity index is 1000. The molecule has 4 rings (SSSR count). The molecule has 34 heavy (non-hydrogen) atoms. The first kappa shape index (κ1) is 24.7. The van der Waals surface area contributed by atoms with E-state index in [0.717, 1.165) is 67.6 Å². The van der Waals surface area contributed by atoms with Crippen molar-refractivity contribution in [3.63, 3.8) is 0 Å². The number of aryl methyl sites for hydroxylation is 1. The molecular formula is C25H31ClN4O3S. The van der Waals surface area contributed by atoms with Gasteiger partial charge in [0.2, 0.25) is 0 Å². The number of benzene rings is 2. The van der Waals surface area contributed by atoms with Gasteiger partial charge in [0, 0.05) is 60.2 Å². The molecule has 0 aromatic heterocycles. The number of piperazine rings is 1. The van der Waals surface area contributed by atoms with Crippen molar-refractivity contribution in [3.8, 4) is 0 Å². The van der Waals surface area contributed by atoms with E-state index in [2.05, 4.69) is 27.2 Å². The summed E-state index contributed by atoms with van der Waals surface area (Å²) in [5, 5.41) is 15.3. The fourth-order valence-electron chi connectivity index (χ4n) is 4.71. The number of hydrogen-bond acceptors (Lipinski definition) is 6. The second kappa shape index (κ2) is 11.3. The van der Waals surface area contributed by atoms with Crippen LogP contribution in [0.1, 0.15) is 31.2 Å². The van der Waals surface area contributed by atoms with Crippen molar-refractivity contribution in [2.75, 3.05) is 43.0 Å². The normalized spacial score (nSPS) is 20.8. The number of hydrogen-bond donors (Lipinski definition) is 1. The number of nitrogens with zero attached hydrogens (tertiary/aromatic N) is 3. The van der Waals surface area contributed by atoms with Gasteiger partial charge in [0.1, 0.15) is 4.99 Å². The lowest BCUT2D eigenvalue weighted by Gasteiger charge is -2.38. The van der Waals surface area contributed by atoms with Crippen LogP contribution in [0.2, 0.25) is 5.02 Å². The molecule has 0 spiro atoms. The van der Waals surface area contributed by atoms with Crippen molar-refractivity contribution in [1.82, 2.24) is 4.90 Å². The summed E-state index contributed by atoms with van der Waals surface area (Å²) >= 11 is 11.7. The Kier molecular flexibility index (Phi) is 8.24. The van der Waals surface area contributed by atoms with E-state index in [1.165, 1.54) is 5.69 Å². The van der Waals surface area contributed by atoms with E-state index in [1.54, 1.807) is 19.1 Å². The largest absolute Gasteiger partial charge is 0.382 e. The molecule has 9 heteroatoms. The molecule has 182 valence electrons. The maximum absolute atomic E-state index is 11.0. The molecule has 7 nitrogen and oxygen atoms in total. The number of rotatable bonds is 7.